The van der Waals surface area contributed by atoms with E-state index < -0.39 is 6.10 Å². The lowest BCUT2D eigenvalue weighted by Gasteiger charge is -2.20. The molecule has 1 aliphatic heterocycles. The predicted molar refractivity (Wildman–Crippen MR) is 83.5 cm³/mol. The van der Waals surface area contributed by atoms with E-state index in [-0.39, 0.29) is 6.61 Å². The van der Waals surface area contributed by atoms with E-state index in [1.54, 1.807) is 0 Å². The van der Waals surface area contributed by atoms with Crippen molar-refractivity contribution in [2.24, 2.45) is 11.7 Å². The minimum Gasteiger partial charge on any atom is -0.396 e. The molecule has 2 unspecified atom stereocenters. The largest absolute Gasteiger partial charge is 0.396 e. The fourth-order valence-electron chi connectivity index (χ4n) is 2.72. The average molecular weight is 294 g/mol. The minimum atomic E-state index is -0.497. The first-order chi connectivity index (χ1) is 9.60. The molecular formula is C15H22N2O2S. The number of thiocarbonyl (C=S) groups is 1. The maximum absolute atomic E-state index is 10.3. The molecule has 1 aliphatic rings. The number of likely N-dealkylation sites (tertiary alicyclic amines) is 1. The van der Waals surface area contributed by atoms with E-state index in [9.17, 15) is 5.11 Å². The number of aliphatic hydroxyl groups excluding tert-OH is 2. The van der Waals surface area contributed by atoms with Crippen LogP contribution in [0.15, 0.2) is 24.3 Å². The average Bonchev–Trinajstić information content (AvgIpc) is 2.86. The highest BCUT2D eigenvalue weighted by atomic mass is 32.1. The Labute approximate surface area is 125 Å². The van der Waals surface area contributed by atoms with Crippen LogP contribution < -0.4 is 5.73 Å². The number of nitrogens with zero attached hydrogens (tertiary/aromatic N) is 1. The van der Waals surface area contributed by atoms with Crippen LogP contribution in [0.4, 0.5) is 0 Å². The molecule has 0 aliphatic carbocycles. The summed E-state index contributed by atoms with van der Waals surface area (Å²) in [6, 6.07) is 7.44. The maximum atomic E-state index is 10.3. The normalized spacial score (nSPS) is 21.0. The lowest BCUT2D eigenvalue weighted by atomic mass is 10.1. The van der Waals surface area contributed by atoms with Crippen LogP contribution in [-0.4, -0.2) is 46.3 Å². The highest BCUT2D eigenvalue weighted by molar-refractivity contribution is 7.80. The Morgan fingerprint density at radius 3 is 2.70 bits per heavy atom. The Kier molecular flexibility index (Phi) is 5.48. The van der Waals surface area contributed by atoms with Gasteiger partial charge in [-0.1, -0.05) is 36.5 Å². The molecule has 2 atom stereocenters. The molecule has 0 aromatic heterocycles. The Morgan fingerprint density at radius 1 is 1.40 bits per heavy atom. The Bertz CT molecular complexity index is 450. The highest BCUT2D eigenvalue weighted by Gasteiger charge is 2.24. The molecule has 2 rings (SSSR count). The van der Waals surface area contributed by atoms with Gasteiger partial charge in [0.2, 0.25) is 0 Å². The molecule has 1 aromatic carbocycles. The monoisotopic (exact) mass is 294 g/mol. The van der Waals surface area contributed by atoms with Crippen molar-refractivity contribution in [1.29, 1.82) is 0 Å². The lowest BCUT2D eigenvalue weighted by molar-refractivity contribution is 0.123. The number of aliphatic hydroxyl groups is 2. The third-order valence-electron chi connectivity index (χ3n) is 3.92. The van der Waals surface area contributed by atoms with Crippen molar-refractivity contribution in [2.45, 2.75) is 18.9 Å². The van der Waals surface area contributed by atoms with Crippen LogP contribution in [-0.2, 0) is 0 Å². The van der Waals surface area contributed by atoms with Gasteiger partial charge in [0.15, 0.2) is 0 Å². The number of hydrogen-bond donors (Lipinski definition) is 3. The van der Waals surface area contributed by atoms with E-state index >= 15 is 0 Å². The summed E-state index contributed by atoms with van der Waals surface area (Å²) in [5.74, 6) is 0.559. The van der Waals surface area contributed by atoms with Crippen molar-refractivity contribution in [3.05, 3.63) is 35.4 Å². The molecule has 1 aromatic rings. The van der Waals surface area contributed by atoms with Gasteiger partial charge in [-0.15, -0.1) is 0 Å². The molecular weight excluding hydrogens is 272 g/mol. The number of nitrogens with two attached hydrogens (primary N) is 1. The SMILES string of the molecule is NC(=S)c1ccc(C(O)CN2CCC(CCO)C2)cc1. The summed E-state index contributed by atoms with van der Waals surface area (Å²) in [7, 11) is 0. The minimum absolute atomic E-state index is 0.252. The first-order valence-corrected chi connectivity index (χ1v) is 7.42. The second-order valence-electron chi connectivity index (χ2n) is 5.43. The fourth-order valence-corrected chi connectivity index (χ4v) is 2.85. The zero-order chi connectivity index (χ0) is 14.5. The van der Waals surface area contributed by atoms with Gasteiger partial charge in [0, 0.05) is 25.3 Å². The van der Waals surface area contributed by atoms with Gasteiger partial charge >= 0.3 is 0 Å². The summed E-state index contributed by atoms with van der Waals surface area (Å²) in [6.07, 6.45) is 1.46. The van der Waals surface area contributed by atoms with Gasteiger partial charge in [0.1, 0.15) is 4.99 Å². The topological polar surface area (TPSA) is 69.7 Å². The third kappa shape index (κ3) is 3.99. The molecule has 0 amide bonds. The summed E-state index contributed by atoms with van der Waals surface area (Å²) in [6.45, 7) is 2.84. The van der Waals surface area contributed by atoms with Gasteiger partial charge in [-0.2, -0.15) is 0 Å². The van der Waals surface area contributed by atoms with E-state index in [1.165, 1.54) is 0 Å². The van der Waals surface area contributed by atoms with Crippen molar-refractivity contribution in [1.82, 2.24) is 4.90 Å². The molecule has 1 heterocycles. The van der Waals surface area contributed by atoms with E-state index in [2.05, 4.69) is 4.90 Å². The smallest absolute Gasteiger partial charge is 0.103 e. The van der Waals surface area contributed by atoms with Crippen molar-refractivity contribution < 1.29 is 10.2 Å². The van der Waals surface area contributed by atoms with Crippen LogP contribution in [0.2, 0.25) is 0 Å². The predicted octanol–water partition coefficient (Wildman–Crippen LogP) is 1.06. The Hall–Kier alpha value is -1.01. The highest BCUT2D eigenvalue weighted by Crippen LogP contribution is 2.22. The van der Waals surface area contributed by atoms with Crippen LogP contribution in [0.5, 0.6) is 0 Å². The standard InChI is InChI=1S/C15H22N2O2S/c16-15(20)13-3-1-12(2-4-13)14(19)10-17-7-5-11(9-17)6-8-18/h1-4,11,14,18-19H,5-10H2,(H2,16,20). The van der Waals surface area contributed by atoms with Gasteiger partial charge in [-0.3, -0.25) is 0 Å². The first kappa shape index (κ1) is 15.4. The van der Waals surface area contributed by atoms with E-state index in [1.807, 2.05) is 24.3 Å². The zero-order valence-electron chi connectivity index (χ0n) is 11.5. The number of benzene rings is 1. The Balaban J connectivity index is 1.88. The molecule has 5 heteroatoms. The van der Waals surface area contributed by atoms with Crippen molar-refractivity contribution in [3.63, 3.8) is 0 Å². The molecule has 20 heavy (non-hydrogen) atoms. The fraction of sp³-hybridized carbons (Fsp3) is 0.533. The lowest BCUT2D eigenvalue weighted by Crippen LogP contribution is -2.26. The number of rotatable bonds is 6. The number of β-amino-alcohol motifs (C(OH)–C–C–N with tert-alkyl or cyclic N) is 1. The zero-order valence-corrected chi connectivity index (χ0v) is 12.4. The molecule has 0 spiro atoms. The molecule has 110 valence electrons. The van der Waals surface area contributed by atoms with Gasteiger partial charge in [-0.05, 0) is 30.9 Å². The third-order valence-corrected chi connectivity index (χ3v) is 4.15. The van der Waals surface area contributed by atoms with Gasteiger partial charge < -0.3 is 20.8 Å². The first-order valence-electron chi connectivity index (χ1n) is 7.01. The summed E-state index contributed by atoms with van der Waals surface area (Å²) >= 11 is 4.91. The molecule has 0 saturated carbocycles. The molecule has 0 bridgehead atoms. The maximum Gasteiger partial charge on any atom is 0.103 e. The van der Waals surface area contributed by atoms with Gasteiger partial charge in [0.25, 0.3) is 0 Å². The van der Waals surface area contributed by atoms with Crippen molar-refractivity contribution >= 4 is 17.2 Å². The second kappa shape index (κ2) is 7.13. The summed E-state index contributed by atoms with van der Waals surface area (Å²) in [4.78, 5) is 2.63. The van der Waals surface area contributed by atoms with E-state index in [4.69, 9.17) is 23.1 Å². The van der Waals surface area contributed by atoms with Crippen molar-refractivity contribution in [3.8, 4) is 0 Å². The molecule has 0 radical (unpaired) electrons. The van der Waals surface area contributed by atoms with Crippen LogP contribution in [0.1, 0.15) is 30.1 Å². The van der Waals surface area contributed by atoms with Crippen LogP contribution >= 0.6 is 12.2 Å². The van der Waals surface area contributed by atoms with Crippen LogP contribution in [0.3, 0.4) is 0 Å². The molecule has 1 fully saturated rings. The Morgan fingerprint density at radius 2 is 2.10 bits per heavy atom. The summed E-state index contributed by atoms with van der Waals surface area (Å²) in [5, 5.41) is 19.2. The number of hydrogen-bond acceptors (Lipinski definition) is 4. The quantitative estimate of drug-likeness (QED) is 0.684. The van der Waals surface area contributed by atoms with Crippen molar-refractivity contribution in [2.75, 3.05) is 26.2 Å². The summed E-state index contributed by atoms with van der Waals surface area (Å²) in [5.41, 5.74) is 7.26. The van der Waals surface area contributed by atoms with E-state index in [0.717, 1.165) is 37.1 Å². The van der Waals surface area contributed by atoms with Gasteiger partial charge in [-0.25, -0.2) is 0 Å². The summed E-state index contributed by atoms with van der Waals surface area (Å²) < 4.78 is 0. The second-order valence-corrected chi connectivity index (χ2v) is 5.87. The molecule has 4 N–H and O–H groups in total. The van der Waals surface area contributed by atoms with Gasteiger partial charge in [0.05, 0.1) is 6.10 Å². The van der Waals surface area contributed by atoms with Crippen LogP contribution in [0, 0.1) is 5.92 Å². The van der Waals surface area contributed by atoms with Crippen LogP contribution in [0.25, 0.3) is 0 Å². The molecule has 1 saturated heterocycles. The molecule has 4 nitrogen and oxygen atoms in total. The van der Waals surface area contributed by atoms with E-state index in [0.29, 0.717) is 17.5 Å².